The first-order chi connectivity index (χ1) is 11.6. The van der Waals surface area contributed by atoms with Crippen molar-refractivity contribution in [2.45, 2.75) is 18.9 Å². The highest BCUT2D eigenvalue weighted by Crippen LogP contribution is 2.22. The van der Waals surface area contributed by atoms with E-state index in [1.807, 2.05) is 18.2 Å². The average Bonchev–Trinajstić information content (AvgIpc) is 2.57. The van der Waals surface area contributed by atoms with Crippen LogP contribution < -0.4 is 10.6 Å². The largest absolute Gasteiger partial charge is 0.380 e. The molecule has 2 N–H and O–H groups in total. The zero-order valence-corrected chi connectivity index (χ0v) is 13.9. The highest BCUT2D eigenvalue weighted by atomic mass is 35.5. The second-order valence-electron chi connectivity index (χ2n) is 5.85. The number of rotatable bonds is 3. The number of halogens is 2. The number of carbonyl (C=O) groups excluding carboxylic acids is 1. The van der Waals surface area contributed by atoms with Crippen LogP contribution >= 0.6 is 11.6 Å². The van der Waals surface area contributed by atoms with Crippen LogP contribution in [0.3, 0.4) is 0 Å². The molecule has 0 unspecified atom stereocenters. The number of hydrogen-bond donors (Lipinski definition) is 2. The van der Waals surface area contributed by atoms with Crippen molar-refractivity contribution in [2.75, 3.05) is 23.7 Å². The lowest BCUT2D eigenvalue weighted by Crippen LogP contribution is -2.46. The zero-order chi connectivity index (χ0) is 16.9. The van der Waals surface area contributed by atoms with Gasteiger partial charge < -0.3 is 15.5 Å². The molecule has 2 aromatic rings. The lowest BCUT2D eigenvalue weighted by molar-refractivity contribution is 0.196. The number of piperidine rings is 1. The standard InChI is InChI=1S/C18H19ClFN3O/c19-16-8-1-2-9-17(16)22-18(24)23-10-4-7-15(12-23)21-14-6-3-5-13(20)11-14/h1-3,5-6,8-9,11,15,21H,4,7,10,12H2,(H,22,24)/t15-/m0/s1. The Morgan fingerprint density at radius 1 is 1.21 bits per heavy atom. The van der Waals surface area contributed by atoms with E-state index >= 15 is 0 Å². The van der Waals surface area contributed by atoms with Crippen LogP contribution in [0.2, 0.25) is 5.02 Å². The molecule has 1 atom stereocenters. The Morgan fingerprint density at radius 3 is 2.83 bits per heavy atom. The van der Waals surface area contributed by atoms with Crippen LogP contribution in [-0.4, -0.2) is 30.1 Å². The SMILES string of the molecule is O=C(Nc1ccccc1Cl)N1CCC[C@H](Nc2cccc(F)c2)C1. The van der Waals surface area contributed by atoms with E-state index in [2.05, 4.69) is 10.6 Å². The van der Waals surface area contributed by atoms with Crippen LogP contribution in [0.15, 0.2) is 48.5 Å². The monoisotopic (exact) mass is 347 g/mol. The van der Waals surface area contributed by atoms with Crippen molar-refractivity contribution in [1.29, 1.82) is 0 Å². The van der Waals surface area contributed by atoms with Crippen LogP contribution in [0.25, 0.3) is 0 Å². The second kappa shape index (κ2) is 7.53. The van der Waals surface area contributed by atoms with Gasteiger partial charge in [0.15, 0.2) is 0 Å². The number of amides is 2. The van der Waals surface area contributed by atoms with Crippen molar-refractivity contribution >= 4 is 29.0 Å². The molecular weight excluding hydrogens is 329 g/mol. The van der Waals surface area contributed by atoms with E-state index in [-0.39, 0.29) is 17.9 Å². The third kappa shape index (κ3) is 4.17. The van der Waals surface area contributed by atoms with Crippen LogP contribution in [-0.2, 0) is 0 Å². The van der Waals surface area contributed by atoms with Gasteiger partial charge in [-0.05, 0) is 43.2 Å². The molecule has 4 nitrogen and oxygen atoms in total. The van der Waals surface area contributed by atoms with E-state index < -0.39 is 0 Å². The number of hydrogen-bond acceptors (Lipinski definition) is 2. The normalized spacial score (nSPS) is 17.4. The summed E-state index contributed by atoms with van der Waals surface area (Å²) in [6.07, 6.45) is 1.83. The average molecular weight is 348 g/mol. The molecule has 0 aromatic heterocycles. The number of urea groups is 1. The number of carbonyl (C=O) groups is 1. The highest BCUT2D eigenvalue weighted by Gasteiger charge is 2.24. The van der Waals surface area contributed by atoms with E-state index in [0.717, 1.165) is 18.5 Å². The number of nitrogens with one attached hydrogen (secondary N) is 2. The summed E-state index contributed by atoms with van der Waals surface area (Å²) in [6, 6.07) is 13.4. The minimum Gasteiger partial charge on any atom is -0.380 e. The highest BCUT2D eigenvalue weighted by molar-refractivity contribution is 6.33. The fourth-order valence-electron chi connectivity index (χ4n) is 2.85. The Kier molecular flexibility index (Phi) is 5.20. The van der Waals surface area contributed by atoms with Gasteiger partial charge in [-0.3, -0.25) is 0 Å². The van der Waals surface area contributed by atoms with Gasteiger partial charge in [-0.15, -0.1) is 0 Å². The summed E-state index contributed by atoms with van der Waals surface area (Å²) in [5.41, 5.74) is 1.33. The molecular formula is C18H19ClFN3O. The van der Waals surface area contributed by atoms with Crippen LogP contribution in [0.4, 0.5) is 20.6 Å². The van der Waals surface area contributed by atoms with Crippen molar-refractivity contribution in [3.8, 4) is 0 Å². The Balaban J connectivity index is 1.60. The molecule has 0 saturated carbocycles. The fraction of sp³-hybridized carbons (Fsp3) is 0.278. The first-order valence-corrected chi connectivity index (χ1v) is 8.32. The third-order valence-electron chi connectivity index (χ3n) is 4.02. The molecule has 6 heteroatoms. The molecule has 2 amide bonds. The molecule has 0 radical (unpaired) electrons. The summed E-state index contributed by atoms with van der Waals surface area (Å²) in [4.78, 5) is 14.2. The fourth-order valence-corrected chi connectivity index (χ4v) is 3.03. The van der Waals surface area contributed by atoms with Gasteiger partial charge in [0, 0.05) is 24.8 Å². The molecule has 1 aliphatic rings. The first kappa shape index (κ1) is 16.6. The van der Waals surface area contributed by atoms with Crippen molar-refractivity contribution in [1.82, 2.24) is 4.90 Å². The van der Waals surface area contributed by atoms with Crippen molar-refractivity contribution < 1.29 is 9.18 Å². The molecule has 0 aliphatic carbocycles. The topological polar surface area (TPSA) is 44.4 Å². The molecule has 2 aromatic carbocycles. The molecule has 24 heavy (non-hydrogen) atoms. The molecule has 1 saturated heterocycles. The summed E-state index contributed by atoms with van der Waals surface area (Å²) in [5, 5.41) is 6.65. The lowest BCUT2D eigenvalue weighted by Gasteiger charge is -2.33. The van der Waals surface area contributed by atoms with Crippen LogP contribution in [0.5, 0.6) is 0 Å². The van der Waals surface area contributed by atoms with Gasteiger partial charge in [0.25, 0.3) is 0 Å². The van der Waals surface area contributed by atoms with E-state index in [4.69, 9.17) is 11.6 Å². The first-order valence-electron chi connectivity index (χ1n) is 7.94. The smallest absolute Gasteiger partial charge is 0.321 e. The maximum Gasteiger partial charge on any atom is 0.321 e. The molecule has 0 bridgehead atoms. The Labute approximate surface area is 145 Å². The number of para-hydroxylation sites is 1. The Hall–Kier alpha value is -2.27. The summed E-state index contributed by atoms with van der Waals surface area (Å²) < 4.78 is 13.3. The van der Waals surface area contributed by atoms with Gasteiger partial charge in [0.05, 0.1) is 10.7 Å². The zero-order valence-electron chi connectivity index (χ0n) is 13.1. The molecule has 3 rings (SSSR count). The van der Waals surface area contributed by atoms with Crippen LogP contribution in [0.1, 0.15) is 12.8 Å². The van der Waals surface area contributed by atoms with E-state index in [0.29, 0.717) is 23.8 Å². The summed E-state index contributed by atoms with van der Waals surface area (Å²) in [5.74, 6) is -0.274. The number of benzene rings is 2. The lowest BCUT2D eigenvalue weighted by atomic mass is 10.1. The maximum atomic E-state index is 13.3. The summed E-state index contributed by atoms with van der Waals surface area (Å²) in [6.45, 7) is 1.25. The van der Waals surface area contributed by atoms with Gasteiger partial charge in [0.2, 0.25) is 0 Å². The molecule has 1 heterocycles. The number of likely N-dealkylation sites (tertiary alicyclic amines) is 1. The van der Waals surface area contributed by atoms with Crippen molar-refractivity contribution in [3.63, 3.8) is 0 Å². The molecule has 126 valence electrons. The van der Waals surface area contributed by atoms with Gasteiger partial charge in [-0.2, -0.15) is 0 Å². The van der Waals surface area contributed by atoms with Crippen molar-refractivity contribution in [2.24, 2.45) is 0 Å². The van der Waals surface area contributed by atoms with Crippen molar-refractivity contribution in [3.05, 3.63) is 59.4 Å². The minimum atomic E-state index is -0.274. The van der Waals surface area contributed by atoms with Gasteiger partial charge in [0.1, 0.15) is 5.82 Å². The minimum absolute atomic E-state index is 0.0949. The number of nitrogens with zero attached hydrogens (tertiary/aromatic N) is 1. The number of anilines is 2. The van der Waals surface area contributed by atoms with E-state index in [9.17, 15) is 9.18 Å². The Morgan fingerprint density at radius 2 is 2.04 bits per heavy atom. The van der Waals surface area contributed by atoms with Gasteiger partial charge in [-0.1, -0.05) is 29.8 Å². The van der Waals surface area contributed by atoms with Gasteiger partial charge in [-0.25, -0.2) is 9.18 Å². The van der Waals surface area contributed by atoms with Gasteiger partial charge >= 0.3 is 6.03 Å². The van der Waals surface area contributed by atoms with E-state index in [1.165, 1.54) is 12.1 Å². The molecule has 1 fully saturated rings. The Bertz CT molecular complexity index is 725. The third-order valence-corrected chi connectivity index (χ3v) is 4.35. The maximum absolute atomic E-state index is 13.3. The molecule has 0 spiro atoms. The quantitative estimate of drug-likeness (QED) is 0.853. The van der Waals surface area contributed by atoms with E-state index in [1.54, 1.807) is 23.1 Å². The predicted molar refractivity (Wildman–Crippen MR) is 95.1 cm³/mol. The summed E-state index contributed by atoms with van der Waals surface area (Å²) in [7, 11) is 0. The molecule has 1 aliphatic heterocycles. The second-order valence-corrected chi connectivity index (χ2v) is 6.26. The predicted octanol–water partition coefficient (Wildman–Crippen LogP) is 4.59. The summed E-state index contributed by atoms with van der Waals surface area (Å²) >= 11 is 6.08. The van der Waals surface area contributed by atoms with Crippen LogP contribution in [0, 0.1) is 5.82 Å².